The largest absolute Gasteiger partial charge is 0.490 e. The van der Waals surface area contributed by atoms with Crippen molar-refractivity contribution in [2.24, 2.45) is 0 Å². The quantitative estimate of drug-likeness (QED) is 0.272. The molecule has 1 aromatic heterocycles. The van der Waals surface area contributed by atoms with E-state index < -0.39 is 15.9 Å². The van der Waals surface area contributed by atoms with Crippen LogP contribution in [0.5, 0.6) is 5.75 Å². The molecule has 2 heterocycles. The van der Waals surface area contributed by atoms with Gasteiger partial charge in [-0.15, -0.1) is 11.3 Å². The number of hydrogen-bond acceptors (Lipinski definition) is 6. The van der Waals surface area contributed by atoms with Crippen molar-refractivity contribution in [2.45, 2.75) is 50.3 Å². The Morgan fingerprint density at radius 3 is 2.35 bits per heavy atom. The highest BCUT2D eigenvalue weighted by atomic mass is 35.5. The maximum atomic E-state index is 13.0. The third-order valence-corrected chi connectivity index (χ3v) is 9.31. The van der Waals surface area contributed by atoms with Crippen molar-refractivity contribution in [1.82, 2.24) is 9.29 Å². The summed E-state index contributed by atoms with van der Waals surface area (Å²) in [7, 11) is -3.51. The van der Waals surface area contributed by atoms with E-state index in [0.29, 0.717) is 36.3 Å². The van der Waals surface area contributed by atoms with E-state index in [1.54, 1.807) is 34.0 Å². The van der Waals surface area contributed by atoms with E-state index in [0.717, 1.165) is 44.1 Å². The smallest absolute Gasteiger partial charge is 0.257 e. The summed E-state index contributed by atoms with van der Waals surface area (Å²) < 4.78 is 33.3. The number of unbranched alkanes of at least 4 members (excludes halogenated alkanes) is 1. The Bertz CT molecular complexity index is 1310. The number of hydrogen-bond donors (Lipinski definition) is 1. The SMILES string of the molecule is CCCCOc1c(Cl)cc(C(=O)Nc2nc(-c3ccc(S(=O)(=O)N4CCCCCC4)cc3)cs2)cc1Cl. The summed E-state index contributed by atoms with van der Waals surface area (Å²) in [5.74, 6) is -0.0325. The topological polar surface area (TPSA) is 88.6 Å². The van der Waals surface area contributed by atoms with Crippen LogP contribution in [0.1, 0.15) is 55.8 Å². The van der Waals surface area contributed by atoms with Gasteiger partial charge in [-0.3, -0.25) is 10.1 Å². The molecule has 1 aliphatic rings. The van der Waals surface area contributed by atoms with E-state index in [1.807, 2.05) is 0 Å². The molecule has 0 unspecified atom stereocenters. The Balaban J connectivity index is 1.43. The zero-order valence-corrected chi connectivity index (χ0v) is 23.7. The molecule has 1 saturated heterocycles. The van der Waals surface area contributed by atoms with Crippen molar-refractivity contribution in [2.75, 3.05) is 25.0 Å². The van der Waals surface area contributed by atoms with Crippen molar-refractivity contribution in [3.8, 4) is 17.0 Å². The van der Waals surface area contributed by atoms with Crippen LogP contribution in [0.2, 0.25) is 10.0 Å². The molecule has 1 fully saturated rings. The number of halogens is 2. The van der Waals surface area contributed by atoms with Crippen molar-refractivity contribution in [1.29, 1.82) is 0 Å². The van der Waals surface area contributed by atoms with E-state index in [2.05, 4.69) is 17.2 Å². The fourth-order valence-electron chi connectivity index (χ4n) is 4.01. The molecule has 4 rings (SSSR count). The number of ether oxygens (including phenoxy) is 1. The fourth-order valence-corrected chi connectivity index (χ4v) is 6.84. The van der Waals surface area contributed by atoms with Crippen LogP contribution in [0.4, 0.5) is 5.13 Å². The number of benzene rings is 2. The lowest BCUT2D eigenvalue weighted by Crippen LogP contribution is -2.31. The zero-order chi connectivity index (χ0) is 26.4. The second kappa shape index (κ2) is 12.6. The molecule has 37 heavy (non-hydrogen) atoms. The molecule has 7 nitrogen and oxygen atoms in total. The number of aromatic nitrogens is 1. The molecule has 0 aliphatic carbocycles. The lowest BCUT2D eigenvalue weighted by molar-refractivity contribution is 0.102. The first-order valence-corrected chi connectivity index (χ1v) is 15.4. The first-order valence-electron chi connectivity index (χ1n) is 12.3. The number of thiazole rings is 1. The molecule has 1 amide bonds. The average molecular weight is 583 g/mol. The van der Waals surface area contributed by atoms with Gasteiger partial charge in [-0.2, -0.15) is 4.31 Å². The molecule has 3 aromatic rings. The van der Waals surface area contributed by atoms with Crippen LogP contribution in [-0.2, 0) is 10.0 Å². The Morgan fingerprint density at radius 2 is 1.73 bits per heavy atom. The van der Waals surface area contributed by atoms with Crippen molar-refractivity contribution >= 4 is 55.6 Å². The Morgan fingerprint density at radius 1 is 1.08 bits per heavy atom. The number of nitrogens with one attached hydrogen (secondary N) is 1. The lowest BCUT2D eigenvalue weighted by atomic mass is 10.2. The van der Waals surface area contributed by atoms with Gasteiger partial charge in [0.2, 0.25) is 10.0 Å². The van der Waals surface area contributed by atoms with E-state index in [9.17, 15) is 13.2 Å². The van der Waals surface area contributed by atoms with Crippen LogP contribution < -0.4 is 10.1 Å². The highest BCUT2D eigenvalue weighted by Crippen LogP contribution is 2.35. The lowest BCUT2D eigenvalue weighted by Gasteiger charge is -2.19. The van der Waals surface area contributed by atoms with Crippen LogP contribution in [-0.4, -0.2) is 43.3 Å². The van der Waals surface area contributed by atoms with Crippen molar-refractivity contribution < 1.29 is 17.9 Å². The normalized spacial score (nSPS) is 14.8. The van der Waals surface area contributed by atoms with Crippen molar-refractivity contribution in [3.05, 3.63) is 57.4 Å². The summed E-state index contributed by atoms with van der Waals surface area (Å²) in [5, 5.41) is 5.51. The van der Waals surface area contributed by atoms with Crippen molar-refractivity contribution in [3.63, 3.8) is 0 Å². The maximum absolute atomic E-state index is 13.0. The molecule has 0 atom stereocenters. The molecular weight excluding hydrogens is 553 g/mol. The summed E-state index contributed by atoms with van der Waals surface area (Å²) in [6.45, 7) is 3.67. The number of carbonyl (C=O) groups excluding carboxylic acids is 1. The summed E-state index contributed by atoms with van der Waals surface area (Å²) in [5.41, 5.74) is 1.68. The predicted octanol–water partition coefficient (Wildman–Crippen LogP) is 7.11. The minimum Gasteiger partial charge on any atom is -0.490 e. The van der Waals surface area contributed by atoms with Gasteiger partial charge in [0, 0.05) is 29.6 Å². The number of rotatable bonds is 9. The molecule has 11 heteroatoms. The Labute approximate surface area is 231 Å². The first kappa shape index (κ1) is 27.9. The summed E-state index contributed by atoms with van der Waals surface area (Å²) in [6.07, 6.45) is 5.75. The molecule has 2 aromatic carbocycles. The molecule has 0 spiro atoms. The van der Waals surface area contributed by atoms with E-state index in [1.165, 1.54) is 23.5 Å². The van der Waals surface area contributed by atoms with Crippen LogP contribution >= 0.6 is 34.5 Å². The molecule has 0 saturated carbocycles. The number of carbonyl (C=O) groups is 1. The number of amides is 1. The van der Waals surface area contributed by atoms with Gasteiger partial charge >= 0.3 is 0 Å². The number of anilines is 1. The molecule has 198 valence electrons. The van der Waals surface area contributed by atoms with Crippen LogP contribution in [0.15, 0.2) is 46.7 Å². The fraction of sp³-hybridized carbons (Fsp3) is 0.385. The predicted molar refractivity (Wildman–Crippen MR) is 150 cm³/mol. The average Bonchev–Trinajstić information content (AvgIpc) is 3.16. The summed E-state index contributed by atoms with van der Waals surface area (Å²) in [6, 6.07) is 9.73. The van der Waals surface area contributed by atoms with Gasteiger partial charge in [0.05, 0.1) is 27.2 Å². The summed E-state index contributed by atoms with van der Waals surface area (Å²) in [4.78, 5) is 17.6. The van der Waals surface area contributed by atoms with Gasteiger partial charge in [0.15, 0.2) is 10.9 Å². The zero-order valence-electron chi connectivity index (χ0n) is 20.5. The van der Waals surface area contributed by atoms with Crippen LogP contribution in [0, 0.1) is 0 Å². The van der Waals surface area contributed by atoms with Gasteiger partial charge in [-0.25, -0.2) is 13.4 Å². The van der Waals surface area contributed by atoms with Gasteiger partial charge < -0.3 is 4.74 Å². The first-order chi connectivity index (χ1) is 17.8. The molecule has 1 aliphatic heterocycles. The minimum atomic E-state index is -3.51. The van der Waals surface area contributed by atoms with Crippen LogP contribution in [0.3, 0.4) is 0 Å². The molecule has 0 radical (unpaired) electrons. The standard InChI is InChI=1S/C26H29Cl2N3O4S2/c1-2-3-14-35-24-21(27)15-19(16-22(24)28)25(32)30-26-29-23(17-36-26)18-8-10-20(11-9-18)37(33,34)31-12-6-4-5-7-13-31/h8-11,15-17H,2-7,12-14H2,1H3,(H,29,30,32). The minimum absolute atomic E-state index is 0.267. The third-order valence-electron chi connectivity index (χ3n) is 6.08. The van der Waals surface area contributed by atoms with E-state index >= 15 is 0 Å². The highest BCUT2D eigenvalue weighted by molar-refractivity contribution is 7.89. The molecule has 1 N–H and O–H groups in total. The van der Waals surface area contributed by atoms with Crippen LogP contribution in [0.25, 0.3) is 11.3 Å². The van der Waals surface area contributed by atoms with Gasteiger partial charge in [0.1, 0.15) is 0 Å². The van der Waals surface area contributed by atoms with Gasteiger partial charge in [-0.05, 0) is 43.5 Å². The molecular formula is C26H29Cl2N3O4S2. The monoisotopic (exact) mass is 581 g/mol. The Kier molecular flexibility index (Phi) is 9.47. The van der Waals surface area contributed by atoms with E-state index in [4.69, 9.17) is 27.9 Å². The highest BCUT2D eigenvalue weighted by Gasteiger charge is 2.25. The van der Waals surface area contributed by atoms with Gasteiger partial charge in [-0.1, -0.05) is 61.5 Å². The second-order valence-electron chi connectivity index (χ2n) is 8.81. The number of sulfonamides is 1. The maximum Gasteiger partial charge on any atom is 0.257 e. The van der Waals surface area contributed by atoms with Gasteiger partial charge in [0.25, 0.3) is 5.91 Å². The Hall–Kier alpha value is -2.17. The van der Waals surface area contributed by atoms with E-state index in [-0.39, 0.29) is 20.5 Å². The third kappa shape index (κ3) is 6.83. The second-order valence-corrected chi connectivity index (χ2v) is 12.4. The summed E-state index contributed by atoms with van der Waals surface area (Å²) >= 11 is 13.9. The molecule has 0 bridgehead atoms. The number of nitrogens with zero attached hydrogens (tertiary/aromatic N) is 2.